The van der Waals surface area contributed by atoms with E-state index in [0.29, 0.717) is 13.0 Å². The van der Waals surface area contributed by atoms with E-state index >= 15 is 0 Å². The van der Waals surface area contributed by atoms with Crippen LogP contribution in [0, 0.1) is 6.92 Å². The van der Waals surface area contributed by atoms with Crippen molar-refractivity contribution < 1.29 is 18.3 Å². The largest absolute Gasteiger partial charge is 0.386 e. The molecule has 2 rings (SSSR count). The molecule has 0 saturated carbocycles. The van der Waals surface area contributed by atoms with Crippen LogP contribution in [-0.4, -0.2) is 38.9 Å². The summed E-state index contributed by atoms with van der Waals surface area (Å²) in [6.45, 7) is 2.31. The molecule has 0 amide bonds. The van der Waals surface area contributed by atoms with Crippen molar-refractivity contribution >= 4 is 21.6 Å². The topological polar surface area (TPSA) is 75.6 Å². The van der Waals surface area contributed by atoms with E-state index in [2.05, 4.69) is 4.72 Å². The van der Waals surface area contributed by atoms with Gasteiger partial charge in [0.2, 0.25) is 10.0 Å². The highest BCUT2D eigenvalue weighted by atomic mass is 35.5. The lowest BCUT2D eigenvalue weighted by Gasteiger charge is -2.20. The van der Waals surface area contributed by atoms with E-state index in [1.165, 1.54) is 6.07 Å². The van der Waals surface area contributed by atoms with E-state index in [0.717, 1.165) is 5.56 Å². The quantitative estimate of drug-likeness (QED) is 0.873. The third kappa shape index (κ3) is 3.46. The molecule has 0 aromatic heterocycles. The van der Waals surface area contributed by atoms with E-state index in [-0.39, 0.29) is 23.1 Å². The first kappa shape index (κ1) is 14.7. The number of hydrogen-bond donors (Lipinski definition) is 2. The van der Waals surface area contributed by atoms with Crippen molar-refractivity contribution in [2.45, 2.75) is 23.8 Å². The van der Waals surface area contributed by atoms with Gasteiger partial charge in [-0.15, -0.1) is 0 Å². The molecule has 1 aromatic carbocycles. The first-order valence-electron chi connectivity index (χ1n) is 5.88. The molecule has 5 nitrogen and oxygen atoms in total. The van der Waals surface area contributed by atoms with E-state index < -0.39 is 15.6 Å². The van der Waals surface area contributed by atoms with Crippen LogP contribution in [0.3, 0.4) is 0 Å². The number of rotatable bonds is 4. The monoisotopic (exact) mass is 305 g/mol. The number of halogens is 1. The summed E-state index contributed by atoms with van der Waals surface area (Å²) in [5.74, 6) is 0. The van der Waals surface area contributed by atoms with E-state index in [1.54, 1.807) is 12.1 Å². The third-order valence-corrected chi connectivity index (χ3v) is 4.93. The predicted octanol–water partition coefficient (Wildman–Crippen LogP) is 1.08. The first-order chi connectivity index (χ1) is 8.82. The highest BCUT2D eigenvalue weighted by Crippen LogP contribution is 2.23. The van der Waals surface area contributed by atoms with Crippen LogP contribution in [0.25, 0.3) is 0 Å². The molecule has 1 saturated heterocycles. The summed E-state index contributed by atoms with van der Waals surface area (Å²) in [7, 11) is -3.73. The molecule has 0 bridgehead atoms. The summed E-state index contributed by atoms with van der Waals surface area (Å²) in [6.07, 6.45) is 0.414. The van der Waals surface area contributed by atoms with Crippen molar-refractivity contribution in [3.05, 3.63) is 28.8 Å². The van der Waals surface area contributed by atoms with Gasteiger partial charge in [0.15, 0.2) is 0 Å². The summed E-state index contributed by atoms with van der Waals surface area (Å²) in [4.78, 5) is 0.0160. The second kappa shape index (κ2) is 5.38. The predicted molar refractivity (Wildman–Crippen MR) is 71.8 cm³/mol. The molecule has 1 aliphatic heterocycles. The Morgan fingerprint density at radius 1 is 1.53 bits per heavy atom. The van der Waals surface area contributed by atoms with Crippen LogP contribution in [0.1, 0.15) is 12.0 Å². The van der Waals surface area contributed by atoms with Gasteiger partial charge in [-0.3, -0.25) is 0 Å². The Morgan fingerprint density at radius 3 is 2.84 bits per heavy atom. The van der Waals surface area contributed by atoms with Gasteiger partial charge in [0.25, 0.3) is 0 Å². The fourth-order valence-corrected chi connectivity index (χ4v) is 3.58. The summed E-state index contributed by atoms with van der Waals surface area (Å²) in [5, 5.41) is 10.2. The van der Waals surface area contributed by atoms with Crippen LogP contribution in [0.15, 0.2) is 23.1 Å². The number of benzene rings is 1. The second-order valence-electron chi connectivity index (χ2n) is 4.79. The van der Waals surface area contributed by atoms with Gasteiger partial charge in [0.05, 0.1) is 11.6 Å². The molecule has 1 aromatic rings. The molecule has 7 heteroatoms. The number of sulfonamides is 1. The molecule has 19 heavy (non-hydrogen) atoms. The number of nitrogens with one attached hydrogen (secondary N) is 1. The van der Waals surface area contributed by atoms with E-state index in [1.807, 2.05) is 6.92 Å². The van der Waals surface area contributed by atoms with Gasteiger partial charge in [0, 0.05) is 19.6 Å². The van der Waals surface area contributed by atoms with E-state index in [4.69, 9.17) is 16.3 Å². The first-order valence-corrected chi connectivity index (χ1v) is 7.74. The highest BCUT2D eigenvalue weighted by Gasteiger charge is 2.34. The van der Waals surface area contributed by atoms with Crippen LogP contribution in [-0.2, 0) is 14.8 Å². The zero-order valence-corrected chi connectivity index (χ0v) is 12.1. The third-order valence-electron chi connectivity index (χ3n) is 3.05. The Morgan fingerprint density at radius 2 is 2.26 bits per heavy atom. The van der Waals surface area contributed by atoms with Gasteiger partial charge in [-0.1, -0.05) is 17.7 Å². The van der Waals surface area contributed by atoms with Crippen LogP contribution >= 0.6 is 11.6 Å². The van der Waals surface area contributed by atoms with Crippen LogP contribution in [0.5, 0.6) is 0 Å². The molecule has 1 atom stereocenters. The Balaban J connectivity index is 2.14. The van der Waals surface area contributed by atoms with Crippen molar-refractivity contribution in [1.82, 2.24) is 4.72 Å². The molecule has 1 unspecified atom stereocenters. The average molecular weight is 306 g/mol. The van der Waals surface area contributed by atoms with Gasteiger partial charge >= 0.3 is 0 Å². The minimum Gasteiger partial charge on any atom is -0.386 e. The Kier molecular flexibility index (Phi) is 4.17. The minimum absolute atomic E-state index is 0.0160. The summed E-state index contributed by atoms with van der Waals surface area (Å²) in [6, 6.07) is 4.71. The molecule has 1 heterocycles. The molecule has 0 aliphatic carbocycles. The van der Waals surface area contributed by atoms with Crippen LogP contribution < -0.4 is 4.72 Å². The van der Waals surface area contributed by atoms with Crippen LogP contribution in [0.4, 0.5) is 0 Å². The summed E-state index contributed by atoms with van der Waals surface area (Å²) >= 11 is 5.94. The fourth-order valence-electron chi connectivity index (χ4n) is 1.87. The average Bonchev–Trinajstić information content (AvgIpc) is 2.74. The molecular formula is C12H16ClNO4S. The molecule has 0 spiro atoms. The molecular weight excluding hydrogens is 290 g/mol. The molecule has 106 valence electrons. The second-order valence-corrected chi connectivity index (χ2v) is 6.93. The minimum atomic E-state index is -3.73. The normalized spacial score (nSPS) is 23.7. The van der Waals surface area contributed by atoms with Crippen molar-refractivity contribution in [3.63, 3.8) is 0 Å². The SMILES string of the molecule is Cc1ccc(S(=O)(=O)NCC2(O)CCOC2)c(Cl)c1. The van der Waals surface area contributed by atoms with Gasteiger partial charge < -0.3 is 9.84 Å². The fraction of sp³-hybridized carbons (Fsp3) is 0.500. The maximum Gasteiger partial charge on any atom is 0.242 e. The van der Waals surface area contributed by atoms with Gasteiger partial charge in [-0.05, 0) is 24.6 Å². The zero-order chi connectivity index (χ0) is 14.1. The number of ether oxygens (including phenoxy) is 1. The van der Waals surface area contributed by atoms with Gasteiger partial charge in [0.1, 0.15) is 10.5 Å². The number of aryl methyl sites for hydroxylation is 1. The van der Waals surface area contributed by atoms with Gasteiger partial charge in [-0.25, -0.2) is 13.1 Å². The zero-order valence-electron chi connectivity index (χ0n) is 10.5. The number of aliphatic hydroxyl groups is 1. The molecule has 1 aliphatic rings. The van der Waals surface area contributed by atoms with E-state index in [9.17, 15) is 13.5 Å². The van der Waals surface area contributed by atoms with Crippen molar-refractivity contribution in [3.8, 4) is 0 Å². The Bertz CT molecular complexity index is 567. The van der Waals surface area contributed by atoms with Crippen molar-refractivity contribution in [1.29, 1.82) is 0 Å². The maximum absolute atomic E-state index is 12.1. The summed E-state index contributed by atoms with van der Waals surface area (Å²) < 4.78 is 31.7. The number of hydrogen-bond acceptors (Lipinski definition) is 4. The van der Waals surface area contributed by atoms with Gasteiger partial charge in [-0.2, -0.15) is 0 Å². The van der Waals surface area contributed by atoms with Crippen molar-refractivity contribution in [2.24, 2.45) is 0 Å². The lowest BCUT2D eigenvalue weighted by Crippen LogP contribution is -2.43. The summed E-state index contributed by atoms with van der Waals surface area (Å²) in [5.41, 5.74) is -0.253. The lowest BCUT2D eigenvalue weighted by atomic mass is 10.1. The highest BCUT2D eigenvalue weighted by molar-refractivity contribution is 7.89. The molecule has 0 radical (unpaired) electrons. The van der Waals surface area contributed by atoms with Crippen molar-refractivity contribution in [2.75, 3.05) is 19.8 Å². The lowest BCUT2D eigenvalue weighted by molar-refractivity contribution is 0.0314. The maximum atomic E-state index is 12.1. The Labute approximate surface area is 117 Å². The van der Waals surface area contributed by atoms with Crippen LogP contribution in [0.2, 0.25) is 5.02 Å². The Hall–Kier alpha value is -0.660. The standard InChI is InChI=1S/C12H16ClNO4S/c1-9-2-3-11(10(13)6-9)19(16,17)14-7-12(15)4-5-18-8-12/h2-3,6,14-15H,4-5,7-8H2,1H3. The molecule has 2 N–H and O–H groups in total. The smallest absolute Gasteiger partial charge is 0.242 e. The molecule has 1 fully saturated rings.